The van der Waals surface area contributed by atoms with Gasteiger partial charge in [-0.3, -0.25) is 5.32 Å². The van der Waals surface area contributed by atoms with Crippen molar-refractivity contribution in [2.45, 2.75) is 5.54 Å². The lowest BCUT2D eigenvalue weighted by molar-refractivity contribution is 0.0690. The number of hydrogen-bond donors (Lipinski definition) is 1. The SMILES string of the molecule is O=C(Nc1cc(Cl)ccc1Cl)OCC12COCN1COC2. The molecule has 3 rings (SSSR count). The Kier molecular flexibility index (Phi) is 4.24. The smallest absolute Gasteiger partial charge is 0.411 e. The topological polar surface area (TPSA) is 60.0 Å². The fourth-order valence-electron chi connectivity index (χ4n) is 2.34. The van der Waals surface area contributed by atoms with Gasteiger partial charge in [0.2, 0.25) is 0 Å². The number of carbonyl (C=O) groups excluding carboxylic acids is 1. The Bertz CT molecular complexity index is 545. The molecule has 2 saturated heterocycles. The highest BCUT2D eigenvalue weighted by atomic mass is 35.5. The minimum absolute atomic E-state index is 0.191. The van der Waals surface area contributed by atoms with E-state index in [2.05, 4.69) is 5.32 Å². The number of nitrogens with one attached hydrogen (secondary N) is 1. The third-order valence-corrected chi connectivity index (χ3v) is 4.11. The van der Waals surface area contributed by atoms with Crippen LogP contribution in [0, 0.1) is 0 Å². The number of benzene rings is 1. The summed E-state index contributed by atoms with van der Waals surface area (Å²) in [5.74, 6) is 0. The molecule has 8 heteroatoms. The van der Waals surface area contributed by atoms with Crippen molar-refractivity contribution < 1.29 is 19.0 Å². The molecule has 21 heavy (non-hydrogen) atoms. The highest BCUT2D eigenvalue weighted by Gasteiger charge is 2.47. The van der Waals surface area contributed by atoms with Crippen LogP contribution in [0.4, 0.5) is 10.5 Å². The monoisotopic (exact) mass is 332 g/mol. The van der Waals surface area contributed by atoms with Crippen LogP contribution in [0.1, 0.15) is 0 Å². The number of nitrogens with zero attached hydrogens (tertiary/aromatic N) is 1. The third-order valence-electron chi connectivity index (χ3n) is 3.54. The fourth-order valence-corrected chi connectivity index (χ4v) is 2.68. The summed E-state index contributed by atoms with van der Waals surface area (Å²) < 4.78 is 16.1. The molecule has 2 fully saturated rings. The number of carbonyl (C=O) groups is 1. The molecule has 0 spiro atoms. The van der Waals surface area contributed by atoms with E-state index in [9.17, 15) is 4.79 Å². The van der Waals surface area contributed by atoms with Gasteiger partial charge >= 0.3 is 6.09 Å². The average molecular weight is 333 g/mol. The van der Waals surface area contributed by atoms with Gasteiger partial charge in [0.05, 0.1) is 23.9 Å². The fraction of sp³-hybridized carbons (Fsp3) is 0.462. The maximum absolute atomic E-state index is 11.9. The number of halogens is 2. The van der Waals surface area contributed by atoms with Crippen LogP contribution in [0.2, 0.25) is 10.0 Å². The molecule has 1 aromatic carbocycles. The second-order valence-electron chi connectivity index (χ2n) is 5.04. The lowest BCUT2D eigenvalue weighted by Crippen LogP contribution is -2.48. The zero-order valence-electron chi connectivity index (χ0n) is 11.1. The molecule has 1 aromatic rings. The van der Waals surface area contributed by atoms with E-state index in [0.717, 1.165) is 0 Å². The van der Waals surface area contributed by atoms with Gasteiger partial charge in [-0.05, 0) is 18.2 Å². The van der Waals surface area contributed by atoms with Crippen molar-refractivity contribution in [2.24, 2.45) is 0 Å². The lowest BCUT2D eigenvalue weighted by atomic mass is 10.0. The Labute approximate surface area is 131 Å². The van der Waals surface area contributed by atoms with Crippen LogP contribution in [-0.4, -0.2) is 49.8 Å². The Balaban J connectivity index is 1.58. The van der Waals surface area contributed by atoms with E-state index < -0.39 is 6.09 Å². The number of fused-ring (bicyclic) bond motifs is 1. The van der Waals surface area contributed by atoms with Crippen LogP contribution in [-0.2, 0) is 14.2 Å². The summed E-state index contributed by atoms with van der Waals surface area (Å²) in [4.78, 5) is 13.9. The van der Waals surface area contributed by atoms with Crippen molar-refractivity contribution in [3.63, 3.8) is 0 Å². The van der Waals surface area contributed by atoms with Crippen molar-refractivity contribution >= 4 is 35.0 Å². The van der Waals surface area contributed by atoms with Gasteiger partial charge in [-0.15, -0.1) is 0 Å². The van der Waals surface area contributed by atoms with E-state index in [1.807, 2.05) is 4.90 Å². The molecule has 114 valence electrons. The molecule has 2 aliphatic heterocycles. The molecule has 2 heterocycles. The van der Waals surface area contributed by atoms with Crippen LogP contribution in [0.5, 0.6) is 0 Å². The molecule has 0 aromatic heterocycles. The van der Waals surface area contributed by atoms with Gasteiger partial charge in [-0.1, -0.05) is 23.2 Å². The molecule has 6 nitrogen and oxygen atoms in total. The van der Waals surface area contributed by atoms with Crippen molar-refractivity contribution in [1.82, 2.24) is 4.90 Å². The van der Waals surface area contributed by atoms with Gasteiger partial charge in [0.25, 0.3) is 0 Å². The normalized spacial score (nSPS) is 20.3. The predicted octanol–water partition coefficient (Wildman–Crippen LogP) is 2.56. The minimum Gasteiger partial charge on any atom is -0.447 e. The largest absolute Gasteiger partial charge is 0.447 e. The molecule has 0 saturated carbocycles. The van der Waals surface area contributed by atoms with E-state index in [1.165, 1.54) is 0 Å². The molecule has 1 N–H and O–H groups in total. The van der Waals surface area contributed by atoms with E-state index in [4.69, 9.17) is 37.4 Å². The first kappa shape index (κ1) is 14.9. The lowest BCUT2D eigenvalue weighted by Gasteiger charge is -2.26. The summed E-state index contributed by atoms with van der Waals surface area (Å²) >= 11 is 11.8. The average Bonchev–Trinajstić information content (AvgIpc) is 3.00. The van der Waals surface area contributed by atoms with Crippen molar-refractivity contribution in [3.8, 4) is 0 Å². The minimum atomic E-state index is -0.590. The second-order valence-corrected chi connectivity index (χ2v) is 5.89. The zero-order valence-corrected chi connectivity index (χ0v) is 12.6. The van der Waals surface area contributed by atoms with Gasteiger partial charge in [0.1, 0.15) is 25.6 Å². The summed E-state index contributed by atoms with van der Waals surface area (Å²) in [6, 6.07) is 4.81. The molecule has 0 bridgehead atoms. The molecule has 1 amide bonds. The van der Waals surface area contributed by atoms with E-state index in [-0.39, 0.29) is 12.1 Å². The summed E-state index contributed by atoms with van der Waals surface area (Å²) in [6.45, 7) is 2.14. The maximum atomic E-state index is 11.9. The highest BCUT2D eigenvalue weighted by Crippen LogP contribution is 2.29. The standard InChI is InChI=1S/C13H14Cl2N2O4/c14-9-1-2-10(15)11(3-9)16-12(18)21-6-13-4-19-7-17(13)8-20-5-13/h1-3H,4-8H2,(H,16,18). The number of rotatable bonds is 3. The number of anilines is 1. The Hall–Kier alpha value is -1.05. The Morgan fingerprint density at radius 3 is 2.76 bits per heavy atom. The quantitative estimate of drug-likeness (QED) is 0.921. The van der Waals surface area contributed by atoms with Gasteiger partial charge < -0.3 is 14.2 Å². The predicted molar refractivity (Wildman–Crippen MR) is 77.6 cm³/mol. The van der Waals surface area contributed by atoms with Crippen molar-refractivity contribution in [1.29, 1.82) is 0 Å². The van der Waals surface area contributed by atoms with Gasteiger partial charge in [-0.25, -0.2) is 9.69 Å². The summed E-state index contributed by atoms with van der Waals surface area (Å²) in [5.41, 5.74) is 0.0315. The molecule has 0 aliphatic carbocycles. The van der Waals surface area contributed by atoms with Crippen molar-refractivity contribution in [2.75, 3.05) is 38.6 Å². The summed E-state index contributed by atoms with van der Waals surface area (Å²) in [5, 5.41) is 3.45. The van der Waals surface area contributed by atoms with Gasteiger partial charge in [0, 0.05) is 5.02 Å². The van der Waals surface area contributed by atoms with Crippen LogP contribution in [0.25, 0.3) is 0 Å². The highest BCUT2D eigenvalue weighted by molar-refractivity contribution is 6.35. The summed E-state index contributed by atoms with van der Waals surface area (Å²) in [6.07, 6.45) is -0.590. The molecule has 0 unspecified atom stereocenters. The van der Waals surface area contributed by atoms with Gasteiger partial charge in [0.15, 0.2) is 0 Å². The summed E-state index contributed by atoms with van der Waals surface area (Å²) in [7, 11) is 0. The van der Waals surface area contributed by atoms with E-state index in [1.54, 1.807) is 18.2 Å². The maximum Gasteiger partial charge on any atom is 0.411 e. The first-order valence-electron chi connectivity index (χ1n) is 6.38. The Morgan fingerprint density at radius 2 is 2.05 bits per heavy atom. The van der Waals surface area contributed by atoms with E-state index in [0.29, 0.717) is 42.4 Å². The molecule has 0 radical (unpaired) electrons. The first-order chi connectivity index (χ1) is 10.1. The molecule has 2 aliphatic rings. The van der Waals surface area contributed by atoms with Crippen LogP contribution < -0.4 is 5.32 Å². The van der Waals surface area contributed by atoms with Crippen LogP contribution in [0.3, 0.4) is 0 Å². The first-order valence-corrected chi connectivity index (χ1v) is 7.14. The number of hydrogen-bond acceptors (Lipinski definition) is 5. The van der Waals surface area contributed by atoms with Crippen LogP contribution in [0.15, 0.2) is 18.2 Å². The van der Waals surface area contributed by atoms with E-state index >= 15 is 0 Å². The van der Waals surface area contributed by atoms with Crippen molar-refractivity contribution in [3.05, 3.63) is 28.2 Å². The number of amides is 1. The molecular formula is C13H14Cl2N2O4. The molecule has 0 atom stereocenters. The van der Waals surface area contributed by atoms with Gasteiger partial charge in [-0.2, -0.15) is 0 Å². The number of ether oxygens (including phenoxy) is 3. The third kappa shape index (κ3) is 3.09. The zero-order chi connectivity index (χ0) is 14.9. The van der Waals surface area contributed by atoms with Crippen LogP contribution >= 0.6 is 23.2 Å². The molecular weight excluding hydrogens is 319 g/mol. The second kappa shape index (κ2) is 5.98. The Morgan fingerprint density at radius 1 is 1.33 bits per heavy atom.